The lowest BCUT2D eigenvalue weighted by Gasteiger charge is -2.33. The van der Waals surface area contributed by atoms with Gasteiger partial charge in [0.25, 0.3) is 0 Å². The highest BCUT2D eigenvalue weighted by atomic mass is 16.5. The van der Waals surface area contributed by atoms with Crippen molar-refractivity contribution in [1.29, 1.82) is 0 Å². The van der Waals surface area contributed by atoms with E-state index in [4.69, 9.17) is 14.6 Å². The number of hydrogen-bond donors (Lipinski definition) is 1. The Morgan fingerprint density at radius 3 is 2.17 bits per heavy atom. The molecule has 0 heterocycles. The largest absolute Gasteiger partial charge is 0.394 e. The molecule has 0 aromatic rings. The molecule has 0 spiro atoms. The predicted octanol–water partition coefficient (Wildman–Crippen LogP) is 3.39. The second-order valence-electron chi connectivity index (χ2n) is 6.27. The van der Waals surface area contributed by atoms with Gasteiger partial charge in [-0.3, -0.25) is 0 Å². The summed E-state index contributed by atoms with van der Waals surface area (Å²) in [6.45, 7) is 13.4. The topological polar surface area (TPSA) is 38.7 Å². The lowest BCUT2D eigenvalue weighted by atomic mass is 9.86. The minimum absolute atomic E-state index is 0.0608. The molecule has 3 nitrogen and oxygen atoms in total. The van der Waals surface area contributed by atoms with Gasteiger partial charge in [-0.2, -0.15) is 0 Å². The molecule has 0 aromatic carbocycles. The number of rotatable bonds is 9. The summed E-state index contributed by atoms with van der Waals surface area (Å²) in [5.74, 6) is 0. The average molecular weight is 260 g/mol. The van der Waals surface area contributed by atoms with E-state index >= 15 is 0 Å². The second-order valence-corrected chi connectivity index (χ2v) is 6.27. The minimum Gasteiger partial charge on any atom is -0.394 e. The Kier molecular flexibility index (Phi) is 8.83. The molecule has 0 saturated heterocycles. The summed E-state index contributed by atoms with van der Waals surface area (Å²) in [4.78, 5) is 0. The maximum absolute atomic E-state index is 8.91. The predicted molar refractivity (Wildman–Crippen MR) is 75.8 cm³/mol. The van der Waals surface area contributed by atoms with E-state index in [-0.39, 0.29) is 30.3 Å². The van der Waals surface area contributed by atoms with E-state index < -0.39 is 0 Å². The van der Waals surface area contributed by atoms with Crippen molar-refractivity contribution in [3.8, 4) is 0 Å². The fourth-order valence-electron chi connectivity index (χ4n) is 1.77. The maximum Gasteiger partial charge on any atom is 0.0784 e. The van der Waals surface area contributed by atoms with Gasteiger partial charge in [-0.05, 0) is 25.7 Å². The van der Waals surface area contributed by atoms with E-state index in [1.54, 1.807) is 0 Å². The van der Waals surface area contributed by atoms with E-state index in [0.717, 1.165) is 6.42 Å². The molecule has 0 bridgehead atoms. The molecule has 3 heteroatoms. The molecule has 0 rings (SSSR count). The van der Waals surface area contributed by atoms with Gasteiger partial charge < -0.3 is 14.6 Å². The van der Waals surface area contributed by atoms with Crippen LogP contribution in [0.15, 0.2) is 0 Å². The van der Waals surface area contributed by atoms with Crippen LogP contribution in [0.2, 0.25) is 0 Å². The molecule has 0 saturated carbocycles. The Hall–Kier alpha value is -0.120. The van der Waals surface area contributed by atoms with Gasteiger partial charge in [0, 0.05) is 0 Å². The van der Waals surface area contributed by atoms with Gasteiger partial charge in [-0.1, -0.05) is 40.5 Å². The van der Waals surface area contributed by atoms with Crippen LogP contribution in [0, 0.1) is 5.41 Å². The van der Waals surface area contributed by atoms with E-state index in [2.05, 4.69) is 27.7 Å². The summed E-state index contributed by atoms with van der Waals surface area (Å²) < 4.78 is 11.6. The molecule has 3 unspecified atom stereocenters. The van der Waals surface area contributed by atoms with Crippen molar-refractivity contribution in [3.05, 3.63) is 0 Å². The van der Waals surface area contributed by atoms with Crippen molar-refractivity contribution >= 4 is 0 Å². The number of aliphatic hydroxyl groups excluding tert-OH is 1. The number of unbranched alkanes of at least 4 members (excludes halogenated alkanes) is 1. The van der Waals surface area contributed by atoms with E-state index in [1.807, 2.05) is 13.8 Å². The number of hydrogen-bond acceptors (Lipinski definition) is 3. The third-order valence-electron chi connectivity index (χ3n) is 3.05. The monoisotopic (exact) mass is 260 g/mol. The number of ether oxygens (including phenoxy) is 2. The molecular formula is C15H32O3. The van der Waals surface area contributed by atoms with Crippen molar-refractivity contribution in [2.24, 2.45) is 5.41 Å². The van der Waals surface area contributed by atoms with E-state index in [9.17, 15) is 0 Å². The zero-order chi connectivity index (χ0) is 14.2. The first-order valence-electron chi connectivity index (χ1n) is 7.19. The SMILES string of the molecule is CCCCC(OC(C)COC(C)CO)C(C)(C)C. The lowest BCUT2D eigenvalue weighted by Crippen LogP contribution is -2.34. The molecule has 110 valence electrons. The molecule has 0 radical (unpaired) electrons. The standard InChI is InChI=1S/C15H32O3/c1-7-8-9-14(15(4,5)6)18-13(3)11-17-12(2)10-16/h12-14,16H,7-11H2,1-6H3. The fraction of sp³-hybridized carbons (Fsp3) is 1.00. The van der Waals surface area contributed by atoms with E-state index in [1.165, 1.54) is 12.8 Å². The molecule has 0 aromatic heterocycles. The molecular weight excluding hydrogens is 228 g/mol. The summed E-state index contributed by atoms with van der Waals surface area (Å²) in [6, 6.07) is 0. The molecule has 1 N–H and O–H groups in total. The van der Waals surface area contributed by atoms with Crippen molar-refractivity contribution < 1.29 is 14.6 Å². The molecule has 0 aliphatic heterocycles. The van der Waals surface area contributed by atoms with Crippen molar-refractivity contribution in [2.75, 3.05) is 13.2 Å². The quantitative estimate of drug-likeness (QED) is 0.690. The second kappa shape index (κ2) is 8.89. The van der Waals surface area contributed by atoms with Crippen LogP contribution in [-0.4, -0.2) is 36.6 Å². The van der Waals surface area contributed by atoms with Gasteiger partial charge >= 0.3 is 0 Å². The molecule has 0 amide bonds. The Bertz CT molecular complexity index is 198. The Balaban J connectivity index is 4.14. The first-order valence-corrected chi connectivity index (χ1v) is 7.19. The maximum atomic E-state index is 8.91. The van der Waals surface area contributed by atoms with Gasteiger partial charge in [0.05, 0.1) is 31.5 Å². The van der Waals surface area contributed by atoms with Gasteiger partial charge in [-0.15, -0.1) is 0 Å². The highest BCUT2D eigenvalue weighted by Crippen LogP contribution is 2.27. The molecule has 0 aliphatic carbocycles. The zero-order valence-electron chi connectivity index (χ0n) is 13.0. The third-order valence-corrected chi connectivity index (χ3v) is 3.05. The van der Waals surface area contributed by atoms with Crippen LogP contribution in [0.4, 0.5) is 0 Å². The van der Waals surface area contributed by atoms with Crippen molar-refractivity contribution in [1.82, 2.24) is 0 Å². The summed E-state index contributed by atoms with van der Waals surface area (Å²) >= 11 is 0. The van der Waals surface area contributed by atoms with Crippen LogP contribution in [-0.2, 0) is 9.47 Å². The highest BCUT2D eigenvalue weighted by molar-refractivity contribution is 4.75. The van der Waals surface area contributed by atoms with Crippen LogP contribution in [0.1, 0.15) is 60.8 Å². The molecule has 0 aliphatic rings. The van der Waals surface area contributed by atoms with Crippen LogP contribution in [0.3, 0.4) is 0 Å². The Morgan fingerprint density at radius 1 is 1.11 bits per heavy atom. The Morgan fingerprint density at radius 2 is 1.72 bits per heavy atom. The lowest BCUT2D eigenvalue weighted by molar-refractivity contribution is -0.104. The van der Waals surface area contributed by atoms with Gasteiger partial charge in [0.2, 0.25) is 0 Å². The minimum atomic E-state index is -0.111. The summed E-state index contributed by atoms with van der Waals surface area (Å²) in [7, 11) is 0. The molecule has 18 heavy (non-hydrogen) atoms. The van der Waals surface area contributed by atoms with Gasteiger partial charge in [-0.25, -0.2) is 0 Å². The van der Waals surface area contributed by atoms with Crippen LogP contribution in [0.25, 0.3) is 0 Å². The van der Waals surface area contributed by atoms with Crippen LogP contribution in [0.5, 0.6) is 0 Å². The average Bonchev–Trinajstić information content (AvgIpc) is 2.29. The first-order chi connectivity index (χ1) is 8.31. The highest BCUT2D eigenvalue weighted by Gasteiger charge is 2.26. The summed E-state index contributed by atoms with van der Waals surface area (Å²) in [6.07, 6.45) is 3.71. The smallest absolute Gasteiger partial charge is 0.0784 e. The summed E-state index contributed by atoms with van der Waals surface area (Å²) in [5, 5.41) is 8.91. The Labute approximate surface area is 113 Å². The van der Waals surface area contributed by atoms with Crippen LogP contribution >= 0.6 is 0 Å². The van der Waals surface area contributed by atoms with Gasteiger partial charge in [0.1, 0.15) is 0 Å². The van der Waals surface area contributed by atoms with Gasteiger partial charge in [0.15, 0.2) is 0 Å². The van der Waals surface area contributed by atoms with Crippen molar-refractivity contribution in [2.45, 2.75) is 79.1 Å². The van der Waals surface area contributed by atoms with Crippen molar-refractivity contribution in [3.63, 3.8) is 0 Å². The zero-order valence-corrected chi connectivity index (χ0v) is 13.0. The molecule has 3 atom stereocenters. The first kappa shape index (κ1) is 17.9. The van der Waals surface area contributed by atoms with E-state index in [0.29, 0.717) is 6.61 Å². The summed E-state index contributed by atoms with van der Waals surface area (Å²) in [5.41, 5.74) is 0.159. The third kappa shape index (κ3) is 8.06. The normalized spacial score (nSPS) is 17.5. The molecule has 0 fully saturated rings. The number of aliphatic hydroxyl groups is 1. The fourth-order valence-corrected chi connectivity index (χ4v) is 1.77. The van der Waals surface area contributed by atoms with Crippen LogP contribution < -0.4 is 0 Å².